The van der Waals surface area contributed by atoms with Crippen LogP contribution in [0.1, 0.15) is 0 Å². The summed E-state index contributed by atoms with van der Waals surface area (Å²) in [5.41, 5.74) is 3.22. The van der Waals surface area contributed by atoms with Crippen molar-refractivity contribution in [1.29, 1.82) is 0 Å². The molecule has 102 valence electrons. The van der Waals surface area contributed by atoms with Crippen LogP contribution in [0.5, 0.6) is 5.75 Å². The summed E-state index contributed by atoms with van der Waals surface area (Å²) in [6.07, 6.45) is 5.64. The van der Waals surface area contributed by atoms with E-state index in [0.717, 1.165) is 0 Å². The Kier molecular flexibility index (Phi) is 4.35. The molecule has 0 saturated heterocycles. The van der Waals surface area contributed by atoms with Gasteiger partial charge in [-0.25, -0.2) is 4.39 Å². The van der Waals surface area contributed by atoms with Gasteiger partial charge in [-0.3, -0.25) is 10.1 Å². The van der Waals surface area contributed by atoms with Gasteiger partial charge in [-0.2, -0.15) is 0 Å². The van der Waals surface area contributed by atoms with Gasteiger partial charge in [0.15, 0.2) is 0 Å². The average molecular weight is 294 g/mol. The van der Waals surface area contributed by atoms with E-state index < -0.39 is 10.8 Å². The van der Waals surface area contributed by atoms with Gasteiger partial charge in [0, 0.05) is 12.1 Å². The Labute approximate surface area is 119 Å². The highest BCUT2D eigenvalue weighted by molar-refractivity contribution is 6.32. The molecule has 0 atom stereocenters. The van der Waals surface area contributed by atoms with Crippen LogP contribution in [0, 0.1) is 10.1 Å². The Morgan fingerprint density at radius 3 is 2.95 bits per heavy atom. The molecule has 0 aliphatic heterocycles. The monoisotopic (exact) mass is 293 g/mol. The fraction of sp³-hybridized carbons (Fsp3) is 0.0714. The minimum Gasteiger partial charge on any atom is -0.487 e. The number of hydrogen-bond acceptors (Lipinski definition) is 3. The van der Waals surface area contributed by atoms with Gasteiger partial charge in [-0.1, -0.05) is 11.6 Å². The Bertz CT molecular complexity index is 673. The summed E-state index contributed by atoms with van der Waals surface area (Å²) in [5, 5.41) is 10.7. The number of rotatable bonds is 4. The zero-order chi connectivity index (χ0) is 14.5. The third-order valence-corrected chi connectivity index (χ3v) is 2.75. The van der Waals surface area contributed by atoms with Crippen molar-refractivity contribution in [2.75, 3.05) is 6.61 Å². The summed E-state index contributed by atoms with van der Waals surface area (Å²) < 4.78 is 18.6. The highest BCUT2D eigenvalue weighted by Crippen LogP contribution is 2.29. The van der Waals surface area contributed by atoms with E-state index in [1.807, 2.05) is 0 Å². The number of nitro benzene ring substituents is 1. The lowest BCUT2D eigenvalue weighted by Crippen LogP contribution is -2.00. The first-order valence-electron chi connectivity index (χ1n) is 5.62. The maximum atomic E-state index is 13.2. The third kappa shape index (κ3) is 3.57. The van der Waals surface area contributed by atoms with Crippen molar-refractivity contribution in [1.82, 2.24) is 0 Å². The number of nitrogens with zero attached hydrogens (tertiary/aromatic N) is 1. The molecule has 1 aliphatic carbocycles. The molecule has 1 aromatic rings. The molecule has 4 nitrogen and oxygen atoms in total. The zero-order valence-corrected chi connectivity index (χ0v) is 10.9. The minimum absolute atomic E-state index is 0.0830. The molecule has 0 saturated carbocycles. The largest absolute Gasteiger partial charge is 0.487 e. The van der Waals surface area contributed by atoms with Crippen LogP contribution in [-0.2, 0) is 0 Å². The summed E-state index contributed by atoms with van der Waals surface area (Å²) in [6.45, 7) is 0.0830. The molecule has 0 aromatic heterocycles. The second-order valence-electron chi connectivity index (χ2n) is 3.91. The van der Waals surface area contributed by atoms with Crippen molar-refractivity contribution < 1.29 is 14.1 Å². The molecule has 1 aliphatic rings. The van der Waals surface area contributed by atoms with Crippen LogP contribution in [0.25, 0.3) is 0 Å². The van der Waals surface area contributed by atoms with Crippen molar-refractivity contribution in [3.8, 4) is 5.75 Å². The predicted molar refractivity (Wildman–Crippen MR) is 73.5 cm³/mol. The molecule has 0 spiro atoms. The van der Waals surface area contributed by atoms with Crippen molar-refractivity contribution >= 4 is 17.3 Å². The number of allylic oxidation sites excluding steroid dienone is 3. The lowest BCUT2D eigenvalue weighted by Gasteiger charge is -2.08. The second kappa shape index (κ2) is 6.19. The van der Waals surface area contributed by atoms with Crippen LogP contribution in [0.15, 0.2) is 59.6 Å². The van der Waals surface area contributed by atoms with Crippen molar-refractivity contribution in [3.63, 3.8) is 0 Å². The van der Waals surface area contributed by atoms with E-state index in [0.29, 0.717) is 11.3 Å². The Hall–Kier alpha value is -2.36. The van der Waals surface area contributed by atoms with E-state index in [2.05, 4.69) is 5.73 Å². The van der Waals surface area contributed by atoms with Crippen LogP contribution in [0.3, 0.4) is 0 Å². The maximum Gasteiger partial charge on any atom is 0.271 e. The first kappa shape index (κ1) is 14.1. The number of ether oxygens (including phenoxy) is 1. The highest BCUT2D eigenvalue weighted by atomic mass is 35.5. The Balaban J connectivity index is 2.10. The van der Waals surface area contributed by atoms with Crippen LogP contribution < -0.4 is 4.74 Å². The summed E-state index contributed by atoms with van der Waals surface area (Å²) in [6, 6.07) is 3.90. The Morgan fingerprint density at radius 1 is 1.45 bits per heavy atom. The minimum atomic E-state index is -0.544. The average Bonchev–Trinajstić information content (AvgIpc) is 2.61. The van der Waals surface area contributed by atoms with Gasteiger partial charge in [0.1, 0.15) is 18.2 Å². The maximum absolute atomic E-state index is 13.2. The van der Waals surface area contributed by atoms with E-state index in [-0.39, 0.29) is 17.3 Å². The zero-order valence-electron chi connectivity index (χ0n) is 10.2. The molecule has 1 aromatic carbocycles. The fourth-order valence-electron chi connectivity index (χ4n) is 1.51. The normalized spacial score (nSPS) is 13.5. The standard InChI is InChI=1S/C14H9ClFNO3/c15-13-8-12(17(18)19)5-6-14(13)20-9-10-3-1-2-4-11(16)7-10/h2-8H,9H2. The lowest BCUT2D eigenvalue weighted by atomic mass is 10.2. The fourth-order valence-corrected chi connectivity index (χ4v) is 1.74. The topological polar surface area (TPSA) is 52.4 Å². The van der Waals surface area contributed by atoms with Gasteiger partial charge in [-0.05, 0) is 35.9 Å². The van der Waals surface area contributed by atoms with E-state index in [9.17, 15) is 14.5 Å². The van der Waals surface area contributed by atoms with Gasteiger partial charge in [0.25, 0.3) is 5.69 Å². The molecule has 6 heteroatoms. The predicted octanol–water partition coefficient (Wildman–Crippen LogP) is 4.13. The number of hydrogen-bond donors (Lipinski definition) is 0. The number of benzene rings is 1. The summed E-state index contributed by atoms with van der Waals surface area (Å²) in [4.78, 5) is 10.0. The highest BCUT2D eigenvalue weighted by Gasteiger charge is 2.10. The Morgan fingerprint density at radius 2 is 2.25 bits per heavy atom. The van der Waals surface area contributed by atoms with Gasteiger partial charge in [0.2, 0.25) is 0 Å². The van der Waals surface area contributed by atoms with Crippen molar-refractivity contribution in [2.24, 2.45) is 0 Å². The second-order valence-corrected chi connectivity index (χ2v) is 4.32. The van der Waals surface area contributed by atoms with E-state index >= 15 is 0 Å². The van der Waals surface area contributed by atoms with Gasteiger partial charge in [0.05, 0.1) is 9.95 Å². The molecule has 0 heterocycles. The summed E-state index contributed by atoms with van der Waals surface area (Å²) in [5.74, 6) is -0.108. The van der Waals surface area contributed by atoms with Crippen LogP contribution in [-0.4, -0.2) is 11.5 Å². The molecule has 0 N–H and O–H groups in total. The van der Waals surface area contributed by atoms with E-state index in [1.54, 1.807) is 6.08 Å². The van der Waals surface area contributed by atoms with Crippen LogP contribution in [0.4, 0.5) is 10.1 Å². The first-order chi connectivity index (χ1) is 9.56. The number of halogens is 2. The van der Waals surface area contributed by atoms with Gasteiger partial charge in [-0.15, -0.1) is 5.73 Å². The quantitative estimate of drug-likeness (QED) is 0.476. The smallest absolute Gasteiger partial charge is 0.271 e. The number of nitro groups is 1. The molecule has 0 bridgehead atoms. The molecule has 2 rings (SSSR count). The van der Waals surface area contributed by atoms with Crippen LogP contribution >= 0.6 is 11.6 Å². The molecule has 0 amide bonds. The lowest BCUT2D eigenvalue weighted by molar-refractivity contribution is -0.384. The van der Waals surface area contributed by atoms with Crippen LogP contribution in [0.2, 0.25) is 5.02 Å². The summed E-state index contributed by atoms with van der Waals surface area (Å²) in [7, 11) is 0. The van der Waals surface area contributed by atoms with E-state index in [1.165, 1.54) is 36.4 Å². The van der Waals surface area contributed by atoms with Gasteiger partial charge >= 0.3 is 0 Å². The first-order valence-corrected chi connectivity index (χ1v) is 5.99. The molecule has 20 heavy (non-hydrogen) atoms. The third-order valence-electron chi connectivity index (χ3n) is 2.45. The van der Waals surface area contributed by atoms with Crippen molar-refractivity contribution in [3.05, 3.63) is 74.8 Å². The van der Waals surface area contributed by atoms with E-state index in [4.69, 9.17) is 16.3 Å². The van der Waals surface area contributed by atoms with Crippen molar-refractivity contribution in [2.45, 2.75) is 0 Å². The molecular weight excluding hydrogens is 285 g/mol. The molecule has 0 fully saturated rings. The summed E-state index contributed by atoms with van der Waals surface area (Å²) >= 11 is 5.89. The number of non-ortho nitro benzene ring substituents is 1. The molecule has 0 radical (unpaired) electrons. The SMILES string of the molecule is O=[N+]([O-])c1ccc(OCC2=CC(F)=CC=C=C2)c(Cl)c1. The molecule has 0 unspecified atom stereocenters. The molecular formula is C14H9ClFNO3. The van der Waals surface area contributed by atoms with Gasteiger partial charge < -0.3 is 4.74 Å².